The molecule has 3 rings (SSSR count). The molecule has 2 aromatic rings. The van der Waals surface area contributed by atoms with Crippen LogP contribution in [0.4, 0.5) is 0 Å². The van der Waals surface area contributed by atoms with Gasteiger partial charge in [0, 0.05) is 41.6 Å². The van der Waals surface area contributed by atoms with E-state index in [2.05, 4.69) is 15.9 Å². The number of carbonyl (C=O) groups is 3. The third-order valence-electron chi connectivity index (χ3n) is 4.92. The second kappa shape index (κ2) is 10.3. The van der Waals surface area contributed by atoms with Gasteiger partial charge in [0.15, 0.2) is 5.78 Å². The van der Waals surface area contributed by atoms with E-state index in [-0.39, 0.29) is 49.3 Å². The first kappa shape index (κ1) is 21.9. The quantitative estimate of drug-likeness (QED) is 0.515. The lowest BCUT2D eigenvalue weighted by Crippen LogP contribution is -2.42. The highest BCUT2D eigenvalue weighted by atomic mass is 79.9. The van der Waals surface area contributed by atoms with Gasteiger partial charge in [0.2, 0.25) is 5.91 Å². The van der Waals surface area contributed by atoms with Crippen LogP contribution in [0.15, 0.2) is 40.9 Å². The van der Waals surface area contributed by atoms with Crippen molar-refractivity contribution < 1.29 is 19.1 Å². The standard InChI is InChI=1S/C22H24BrNO4S/c1-15-2-10-21(29-15)19(26)9-7-18(25)8-11-22(27)24-12-13-28-20(14-24)16-3-5-17(23)6-4-16/h2-6,10,20H,7-9,11-14H2,1H3. The number of thiophene rings is 1. The number of ketones is 2. The fourth-order valence-electron chi connectivity index (χ4n) is 3.24. The Morgan fingerprint density at radius 2 is 1.79 bits per heavy atom. The van der Waals surface area contributed by atoms with Gasteiger partial charge in [0.1, 0.15) is 11.9 Å². The van der Waals surface area contributed by atoms with E-state index in [0.717, 1.165) is 14.9 Å². The third-order valence-corrected chi connectivity index (χ3v) is 6.50. The molecule has 1 aliphatic heterocycles. The Bertz CT molecular complexity index is 877. The summed E-state index contributed by atoms with van der Waals surface area (Å²) < 4.78 is 6.80. The first-order valence-corrected chi connectivity index (χ1v) is 11.3. The van der Waals surface area contributed by atoms with Crippen LogP contribution in [0, 0.1) is 6.92 Å². The van der Waals surface area contributed by atoms with E-state index in [0.29, 0.717) is 24.6 Å². The number of carbonyl (C=O) groups excluding carboxylic acids is 3. The van der Waals surface area contributed by atoms with E-state index in [1.54, 1.807) is 11.0 Å². The lowest BCUT2D eigenvalue weighted by atomic mass is 10.1. The molecule has 1 aromatic carbocycles. The number of amides is 1. The van der Waals surface area contributed by atoms with Gasteiger partial charge in [-0.2, -0.15) is 0 Å². The molecule has 1 saturated heterocycles. The molecule has 7 heteroatoms. The lowest BCUT2D eigenvalue weighted by Gasteiger charge is -2.33. The molecule has 29 heavy (non-hydrogen) atoms. The van der Waals surface area contributed by atoms with Gasteiger partial charge < -0.3 is 9.64 Å². The summed E-state index contributed by atoms with van der Waals surface area (Å²) >= 11 is 4.86. The number of aryl methyl sites for hydroxylation is 1. The van der Waals surface area contributed by atoms with E-state index in [1.165, 1.54) is 11.3 Å². The molecule has 1 aliphatic rings. The Hall–Kier alpha value is -1.83. The highest BCUT2D eigenvalue weighted by molar-refractivity contribution is 9.10. The van der Waals surface area contributed by atoms with Gasteiger partial charge in [0.25, 0.3) is 0 Å². The van der Waals surface area contributed by atoms with Crippen molar-refractivity contribution in [2.75, 3.05) is 19.7 Å². The van der Waals surface area contributed by atoms with E-state index in [1.807, 2.05) is 37.3 Å². The fourth-order valence-corrected chi connectivity index (χ4v) is 4.34. The number of hydrogen-bond donors (Lipinski definition) is 0. The Labute approximate surface area is 183 Å². The van der Waals surface area contributed by atoms with Gasteiger partial charge in [-0.1, -0.05) is 28.1 Å². The minimum absolute atomic E-state index is 0.00621. The number of Topliss-reactive ketones (excluding diaryl/α,β-unsaturated/α-hetero) is 2. The normalized spacial score (nSPS) is 16.6. The Morgan fingerprint density at radius 1 is 1.07 bits per heavy atom. The van der Waals surface area contributed by atoms with Crippen molar-refractivity contribution >= 4 is 44.7 Å². The highest BCUT2D eigenvalue weighted by Crippen LogP contribution is 2.24. The Morgan fingerprint density at radius 3 is 2.48 bits per heavy atom. The van der Waals surface area contributed by atoms with Crippen LogP contribution in [0.2, 0.25) is 0 Å². The molecule has 1 amide bonds. The van der Waals surface area contributed by atoms with Crippen molar-refractivity contribution in [3.05, 3.63) is 56.2 Å². The van der Waals surface area contributed by atoms with E-state index in [9.17, 15) is 14.4 Å². The highest BCUT2D eigenvalue weighted by Gasteiger charge is 2.25. The van der Waals surface area contributed by atoms with Crippen molar-refractivity contribution in [1.82, 2.24) is 4.90 Å². The second-order valence-electron chi connectivity index (χ2n) is 7.12. The predicted molar refractivity (Wildman–Crippen MR) is 116 cm³/mol. The largest absolute Gasteiger partial charge is 0.370 e. The van der Waals surface area contributed by atoms with Gasteiger partial charge in [-0.05, 0) is 36.8 Å². The van der Waals surface area contributed by atoms with E-state index in [4.69, 9.17) is 4.74 Å². The summed E-state index contributed by atoms with van der Waals surface area (Å²) in [6.45, 7) is 3.46. The Kier molecular flexibility index (Phi) is 7.75. The van der Waals surface area contributed by atoms with Crippen molar-refractivity contribution in [1.29, 1.82) is 0 Å². The molecular formula is C22H24BrNO4S. The van der Waals surface area contributed by atoms with Gasteiger partial charge in [-0.25, -0.2) is 0 Å². The summed E-state index contributed by atoms with van der Waals surface area (Å²) in [5.41, 5.74) is 1.03. The molecule has 154 valence electrons. The molecule has 1 atom stereocenters. The van der Waals surface area contributed by atoms with Crippen molar-refractivity contribution in [2.24, 2.45) is 0 Å². The molecule has 0 spiro atoms. The summed E-state index contributed by atoms with van der Waals surface area (Å²) in [5.74, 6) is -0.0880. The summed E-state index contributed by atoms with van der Waals surface area (Å²) in [6, 6.07) is 11.6. The van der Waals surface area contributed by atoms with Gasteiger partial charge in [-0.3, -0.25) is 14.4 Å². The van der Waals surface area contributed by atoms with Crippen molar-refractivity contribution in [3.63, 3.8) is 0 Å². The number of benzene rings is 1. The zero-order valence-corrected chi connectivity index (χ0v) is 18.8. The average Bonchev–Trinajstić information content (AvgIpc) is 3.17. The average molecular weight is 478 g/mol. The predicted octanol–water partition coefficient (Wildman–Crippen LogP) is 4.73. The lowest BCUT2D eigenvalue weighted by molar-refractivity contribution is -0.140. The number of morpholine rings is 1. The fraction of sp³-hybridized carbons (Fsp3) is 0.409. The maximum Gasteiger partial charge on any atom is 0.223 e. The second-order valence-corrected chi connectivity index (χ2v) is 9.33. The van der Waals surface area contributed by atoms with Crippen LogP contribution < -0.4 is 0 Å². The minimum Gasteiger partial charge on any atom is -0.370 e. The zero-order valence-electron chi connectivity index (χ0n) is 16.4. The van der Waals surface area contributed by atoms with Crippen LogP contribution in [-0.4, -0.2) is 42.1 Å². The molecule has 0 bridgehead atoms. The number of hydrogen-bond acceptors (Lipinski definition) is 5. The molecule has 2 heterocycles. The van der Waals surface area contributed by atoms with Crippen LogP contribution >= 0.6 is 27.3 Å². The molecule has 1 unspecified atom stereocenters. The molecule has 5 nitrogen and oxygen atoms in total. The number of halogens is 1. The molecule has 0 radical (unpaired) electrons. The maximum absolute atomic E-state index is 12.5. The molecule has 0 saturated carbocycles. The van der Waals surface area contributed by atoms with Crippen LogP contribution in [0.25, 0.3) is 0 Å². The Balaban J connectivity index is 1.43. The van der Waals surface area contributed by atoms with Crippen molar-refractivity contribution in [2.45, 2.75) is 38.7 Å². The first-order valence-electron chi connectivity index (χ1n) is 9.68. The van der Waals surface area contributed by atoms with E-state index >= 15 is 0 Å². The van der Waals surface area contributed by atoms with E-state index < -0.39 is 0 Å². The van der Waals surface area contributed by atoms with Gasteiger partial charge >= 0.3 is 0 Å². The summed E-state index contributed by atoms with van der Waals surface area (Å²) in [7, 11) is 0. The topological polar surface area (TPSA) is 63.7 Å². The summed E-state index contributed by atoms with van der Waals surface area (Å²) in [6.07, 6.45) is 0.598. The molecule has 0 N–H and O–H groups in total. The SMILES string of the molecule is Cc1ccc(C(=O)CCC(=O)CCC(=O)N2CCOC(c3ccc(Br)cc3)C2)s1. The summed E-state index contributed by atoms with van der Waals surface area (Å²) in [5, 5.41) is 0. The maximum atomic E-state index is 12.5. The molecule has 1 aromatic heterocycles. The molecular weight excluding hydrogens is 454 g/mol. The number of ether oxygens (including phenoxy) is 1. The number of nitrogens with zero attached hydrogens (tertiary/aromatic N) is 1. The smallest absolute Gasteiger partial charge is 0.223 e. The van der Waals surface area contributed by atoms with Gasteiger partial charge in [-0.15, -0.1) is 11.3 Å². The van der Waals surface area contributed by atoms with Crippen LogP contribution in [0.5, 0.6) is 0 Å². The van der Waals surface area contributed by atoms with Crippen molar-refractivity contribution in [3.8, 4) is 0 Å². The van der Waals surface area contributed by atoms with Crippen LogP contribution in [0.3, 0.4) is 0 Å². The molecule has 1 fully saturated rings. The third kappa shape index (κ3) is 6.32. The van der Waals surface area contributed by atoms with Crippen LogP contribution in [-0.2, 0) is 14.3 Å². The monoisotopic (exact) mass is 477 g/mol. The van der Waals surface area contributed by atoms with Crippen LogP contribution in [0.1, 0.15) is 51.9 Å². The number of rotatable bonds is 8. The summed E-state index contributed by atoms with van der Waals surface area (Å²) in [4.78, 5) is 40.3. The molecule has 0 aliphatic carbocycles. The van der Waals surface area contributed by atoms with Gasteiger partial charge in [0.05, 0.1) is 18.0 Å². The zero-order chi connectivity index (χ0) is 20.8. The minimum atomic E-state index is -0.150. The first-order chi connectivity index (χ1) is 13.9.